The fourth-order valence-corrected chi connectivity index (χ4v) is 2.15. The van der Waals surface area contributed by atoms with E-state index in [1.54, 1.807) is 10.8 Å². The van der Waals surface area contributed by atoms with Crippen molar-refractivity contribution in [2.24, 2.45) is 0 Å². The van der Waals surface area contributed by atoms with Gasteiger partial charge in [-0.15, -0.1) is 0 Å². The van der Waals surface area contributed by atoms with Crippen LogP contribution in [0.4, 0.5) is 0 Å². The van der Waals surface area contributed by atoms with Crippen LogP contribution in [0.1, 0.15) is 23.7 Å². The van der Waals surface area contributed by atoms with E-state index in [-0.39, 0.29) is 19.1 Å². The number of hydrogen-bond acceptors (Lipinski definition) is 4. The normalized spacial score (nSPS) is 10.7. The molecule has 0 saturated carbocycles. The fraction of sp³-hybridized carbons (Fsp3) is 0.375. The molecule has 112 valence electrons. The number of fused-ring (bicyclic) bond motifs is 1. The molecule has 0 saturated heterocycles. The summed E-state index contributed by atoms with van der Waals surface area (Å²) in [6, 6.07) is 7.47. The van der Waals surface area contributed by atoms with Gasteiger partial charge >= 0.3 is 5.97 Å². The summed E-state index contributed by atoms with van der Waals surface area (Å²) in [5, 5.41) is 0.839. The highest BCUT2D eigenvalue weighted by Crippen LogP contribution is 2.19. The molecule has 1 heterocycles. The van der Waals surface area contributed by atoms with E-state index in [4.69, 9.17) is 9.47 Å². The Balaban J connectivity index is 1.96. The number of para-hydroxylation sites is 1. The molecule has 1 aromatic carbocycles. The molecule has 21 heavy (non-hydrogen) atoms. The van der Waals surface area contributed by atoms with Crippen LogP contribution in [0.2, 0.25) is 0 Å². The zero-order valence-corrected chi connectivity index (χ0v) is 12.1. The lowest BCUT2D eigenvalue weighted by molar-refractivity contribution is -0.145. The molecule has 0 spiro atoms. The Labute approximate surface area is 123 Å². The van der Waals surface area contributed by atoms with Crippen molar-refractivity contribution in [3.8, 4) is 0 Å². The number of aromatic nitrogens is 1. The van der Waals surface area contributed by atoms with E-state index in [0.717, 1.165) is 23.6 Å². The number of aldehydes is 1. The topological polar surface area (TPSA) is 57.5 Å². The number of carbonyl (C=O) groups is 2. The third-order valence-electron chi connectivity index (χ3n) is 3.08. The van der Waals surface area contributed by atoms with E-state index < -0.39 is 0 Å². The van der Waals surface area contributed by atoms with E-state index in [1.165, 1.54) is 0 Å². The Bertz CT molecular complexity index is 618. The van der Waals surface area contributed by atoms with Crippen molar-refractivity contribution < 1.29 is 19.1 Å². The summed E-state index contributed by atoms with van der Waals surface area (Å²) in [5.74, 6) is -0.340. The fourth-order valence-electron chi connectivity index (χ4n) is 2.15. The van der Waals surface area contributed by atoms with Gasteiger partial charge in [-0.2, -0.15) is 0 Å². The lowest BCUT2D eigenvalue weighted by Gasteiger charge is -2.07. The predicted octanol–water partition coefficient (Wildman–Crippen LogP) is 2.42. The molecule has 0 aliphatic carbocycles. The predicted molar refractivity (Wildman–Crippen MR) is 79.4 cm³/mol. The zero-order valence-electron chi connectivity index (χ0n) is 12.1. The van der Waals surface area contributed by atoms with E-state index in [9.17, 15) is 9.59 Å². The van der Waals surface area contributed by atoms with E-state index in [1.807, 2.05) is 31.2 Å². The third-order valence-corrected chi connectivity index (χ3v) is 3.08. The lowest BCUT2D eigenvalue weighted by atomic mass is 10.2. The van der Waals surface area contributed by atoms with E-state index in [0.29, 0.717) is 18.8 Å². The molecule has 1 aromatic heterocycles. The molecule has 0 radical (unpaired) electrons. The van der Waals surface area contributed by atoms with Gasteiger partial charge in [-0.05, 0) is 12.5 Å². The minimum Gasteiger partial charge on any atom is -0.462 e. The molecule has 0 unspecified atom stereocenters. The monoisotopic (exact) mass is 289 g/mol. The molecule has 0 bridgehead atoms. The molecule has 5 heteroatoms. The first-order valence-electron chi connectivity index (χ1n) is 7.02. The summed E-state index contributed by atoms with van der Waals surface area (Å²) in [7, 11) is 0. The second-order valence-corrected chi connectivity index (χ2v) is 4.68. The van der Waals surface area contributed by atoms with Crippen molar-refractivity contribution in [1.29, 1.82) is 0 Å². The van der Waals surface area contributed by atoms with Crippen molar-refractivity contribution in [3.63, 3.8) is 0 Å². The quantitative estimate of drug-likeness (QED) is 0.425. The van der Waals surface area contributed by atoms with Gasteiger partial charge in [-0.3, -0.25) is 9.59 Å². The number of rotatable bonds is 8. The second kappa shape index (κ2) is 7.59. The largest absolute Gasteiger partial charge is 0.462 e. The average molecular weight is 289 g/mol. The molecule has 0 N–H and O–H groups in total. The minimum absolute atomic E-state index is 0.0854. The van der Waals surface area contributed by atoms with Crippen molar-refractivity contribution in [2.75, 3.05) is 19.8 Å². The Kier molecular flexibility index (Phi) is 5.51. The van der Waals surface area contributed by atoms with Gasteiger partial charge in [0.05, 0.1) is 6.61 Å². The number of nitrogens with zero attached hydrogens (tertiary/aromatic N) is 1. The molecule has 0 fully saturated rings. The van der Waals surface area contributed by atoms with Crippen LogP contribution in [0.3, 0.4) is 0 Å². The first-order chi connectivity index (χ1) is 10.3. The van der Waals surface area contributed by atoms with E-state index in [2.05, 4.69) is 0 Å². The summed E-state index contributed by atoms with van der Waals surface area (Å²) < 4.78 is 12.1. The molecule has 5 nitrogen and oxygen atoms in total. The standard InChI is InChI=1S/C16H19NO4/c1-2-7-20-8-9-21-16(19)11-17-10-13(12-18)14-5-3-4-6-15(14)17/h3-6,10,12H,2,7-9,11H2,1H3. The highest BCUT2D eigenvalue weighted by Gasteiger charge is 2.11. The van der Waals surface area contributed by atoms with Crippen molar-refractivity contribution in [2.45, 2.75) is 19.9 Å². The number of hydrogen-bond donors (Lipinski definition) is 0. The smallest absolute Gasteiger partial charge is 0.326 e. The average Bonchev–Trinajstić information content (AvgIpc) is 2.85. The van der Waals surface area contributed by atoms with Crippen LogP contribution in [0.5, 0.6) is 0 Å². The van der Waals surface area contributed by atoms with Gasteiger partial charge in [0.2, 0.25) is 0 Å². The Morgan fingerprint density at radius 1 is 1.24 bits per heavy atom. The maximum atomic E-state index is 11.8. The highest BCUT2D eigenvalue weighted by atomic mass is 16.6. The molecular formula is C16H19NO4. The minimum atomic E-state index is -0.340. The van der Waals surface area contributed by atoms with Crippen LogP contribution in [0, 0.1) is 0 Å². The number of ether oxygens (including phenoxy) is 2. The van der Waals surface area contributed by atoms with Crippen LogP contribution < -0.4 is 0 Å². The maximum absolute atomic E-state index is 11.8. The third kappa shape index (κ3) is 3.92. The summed E-state index contributed by atoms with van der Waals surface area (Å²) in [5.41, 5.74) is 1.42. The van der Waals surface area contributed by atoms with Gasteiger partial charge in [-0.25, -0.2) is 0 Å². The van der Waals surface area contributed by atoms with Gasteiger partial charge in [0.25, 0.3) is 0 Å². The molecular weight excluding hydrogens is 270 g/mol. The van der Waals surface area contributed by atoms with Crippen LogP contribution in [0.25, 0.3) is 10.9 Å². The van der Waals surface area contributed by atoms with Crippen LogP contribution >= 0.6 is 0 Å². The van der Waals surface area contributed by atoms with Gasteiger partial charge in [-0.1, -0.05) is 25.1 Å². The zero-order chi connectivity index (χ0) is 15.1. The van der Waals surface area contributed by atoms with E-state index >= 15 is 0 Å². The molecule has 2 aromatic rings. The molecule has 0 aliphatic heterocycles. The SMILES string of the molecule is CCCOCCOC(=O)Cn1cc(C=O)c2ccccc21. The van der Waals surface area contributed by atoms with Crippen molar-refractivity contribution >= 4 is 23.2 Å². The van der Waals surface area contributed by atoms with Crippen LogP contribution in [0.15, 0.2) is 30.5 Å². The summed E-state index contributed by atoms with van der Waals surface area (Å²) in [4.78, 5) is 22.8. The second-order valence-electron chi connectivity index (χ2n) is 4.68. The number of carbonyl (C=O) groups excluding carboxylic acids is 2. The Morgan fingerprint density at radius 2 is 2.05 bits per heavy atom. The van der Waals surface area contributed by atoms with Gasteiger partial charge in [0.15, 0.2) is 6.29 Å². The van der Waals surface area contributed by atoms with Crippen molar-refractivity contribution in [3.05, 3.63) is 36.0 Å². The summed E-state index contributed by atoms with van der Waals surface area (Å²) >= 11 is 0. The maximum Gasteiger partial charge on any atom is 0.326 e. The summed E-state index contributed by atoms with van der Waals surface area (Å²) in [6.07, 6.45) is 3.41. The van der Waals surface area contributed by atoms with Gasteiger partial charge < -0.3 is 14.0 Å². The lowest BCUT2D eigenvalue weighted by Crippen LogP contribution is -2.16. The molecule has 2 rings (SSSR count). The molecule has 0 amide bonds. The number of esters is 1. The van der Waals surface area contributed by atoms with Crippen LogP contribution in [-0.4, -0.2) is 36.6 Å². The van der Waals surface area contributed by atoms with Gasteiger partial charge in [0, 0.05) is 29.3 Å². The summed E-state index contributed by atoms with van der Waals surface area (Å²) in [6.45, 7) is 3.43. The Morgan fingerprint density at radius 3 is 2.81 bits per heavy atom. The van der Waals surface area contributed by atoms with Crippen LogP contribution in [-0.2, 0) is 20.8 Å². The van der Waals surface area contributed by atoms with Gasteiger partial charge in [0.1, 0.15) is 13.2 Å². The first-order valence-corrected chi connectivity index (χ1v) is 7.02. The number of benzene rings is 1. The Hall–Kier alpha value is -2.14. The highest BCUT2D eigenvalue weighted by molar-refractivity contribution is 5.98. The molecule has 0 aliphatic rings. The van der Waals surface area contributed by atoms with Crippen molar-refractivity contribution in [1.82, 2.24) is 4.57 Å². The first kappa shape index (κ1) is 15.3. The molecule has 0 atom stereocenters.